The third-order valence-electron chi connectivity index (χ3n) is 2.70. The van der Waals surface area contributed by atoms with Gasteiger partial charge in [0.2, 0.25) is 5.95 Å². The first kappa shape index (κ1) is 9.91. The molecule has 1 saturated heterocycles. The fraction of sp³-hybridized carbons (Fsp3) is 0.545. The molecule has 0 spiro atoms. The molecule has 2 heterocycles. The number of nitrogens with zero attached hydrogens (tertiary/aromatic N) is 4. The molecule has 1 atom stereocenters. The maximum atomic E-state index is 8.75. The first-order valence-corrected chi connectivity index (χ1v) is 5.27. The Labute approximate surface area is 89.6 Å². The van der Waals surface area contributed by atoms with Gasteiger partial charge in [-0.1, -0.05) is 6.92 Å². The number of hydrogen-bond acceptors (Lipinski definition) is 4. The average molecular weight is 202 g/mol. The number of rotatable bonds is 1. The Balaban J connectivity index is 2.18. The Morgan fingerprint density at radius 3 is 3.20 bits per heavy atom. The molecule has 1 aromatic heterocycles. The molecule has 1 aromatic rings. The smallest absolute Gasteiger partial charge is 0.226 e. The summed E-state index contributed by atoms with van der Waals surface area (Å²) in [5.41, 5.74) is 0.443. The van der Waals surface area contributed by atoms with E-state index in [0.717, 1.165) is 13.1 Å². The lowest BCUT2D eigenvalue weighted by Crippen LogP contribution is -2.35. The zero-order valence-corrected chi connectivity index (χ0v) is 8.85. The van der Waals surface area contributed by atoms with Crippen LogP contribution in [0.15, 0.2) is 12.3 Å². The van der Waals surface area contributed by atoms with Crippen LogP contribution in [0, 0.1) is 17.2 Å². The van der Waals surface area contributed by atoms with Gasteiger partial charge in [0.05, 0.1) is 0 Å². The van der Waals surface area contributed by atoms with Crippen molar-refractivity contribution in [2.75, 3.05) is 18.0 Å². The van der Waals surface area contributed by atoms with Crippen molar-refractivity contribution in [3.05, 3.63) is 18.0 Å². The van der Waals surface area contributed by atoms with Crippen molar-refractivity contribution in [1.29, 1.82) is 5.26 Å². The molecule has 15 heavy (non-hydrogen) atoms. The molecule has 0 N–H and O–H groups in total. The molecule has 4 heteroatoms. The zero-order chi connectivity index (χ0) is 10.7. The van der Waals surface area contributed by atoms with E-state index in [2.05, 4.69) is 21.8 Å². The molecule has 1 fully saturated rings. The molecule has 1 unspecified atom stereocenters. The van der Waals surface area contributed by atoms with Gasteiger partial charge in [-0.15, -0.1) is 0 Å². The third kappa shape index (κ3) is 2.24. The molecule has 2 rings (SSSR count). The number of nitriles is 1. The van der Waals surface area contributed by atoms with Gasteiger partial charge in [-0.25, -0.2) is 9.97 Å². The lowest BCUT2D eigenvalue weighted by molar-refractivity contribution is 0.442. The molecule has 1 aliphatic rings. The van der Waals surface area contributed by atoms with Crippen molar-refractivity contribution < 1.29 is 0 Å². The van der Waals surface area contributed by atoms with Crippen LogP contribution >= 0.6 is 0 Å². The average Bonchev–Trinajstić information content (AvgIpc) is 2.29. The molecular weight excluding hydrogens is 188 g/mol. The van der Waals surface area contributed by atoms with E-state index in [1.807, 2.05) is 6.07 Å². The van der Waals surface area contributed by atoms with Crippen LogP contribution < -0.4 is 4.90 Å². The molecule has 0 saturated carbocycles. The molecular formula is C11H14N4. The third-order valence-corrected chi connectivity index (χ3v) is 2.70. The van der Waals surface area contributed by atoms with Gasteiger partial charge in [0.15, 0.2) is 0 Å². The minimum atomic E-state index is 0.443. The lowest BCUT2D eigenvalue weighted by Gasteiger charge is -2.30. The number of hydrogen-bond donors (Lipinski definition) is 0. The summed E-state index contributed by atoms with van der Waals surface area (Å²) < 4.78 is 0. The van der Waals surface area contributed by atoms with Crippen molar-refractivity contribution in [2.24, 2.45) is 5.92 Å². The standard InChI is InChI=1S/C11H14N4/c1-9-3-2-6-15(8-9)11-13-5-4-10(7-12)14-11/h4-5,9H,2-3,6,8H2,1H3. The Morgan fingerprint density at radius 2 is 2.47 bits per heavy atom. The highest BCUT2D eigenvalue weighted by molar-refractivity contribution is 5.34. The molecule has 78 valence electrons. The van der Waals surface area contributed by atoms with E-state index in [1.165, 1.54) is 12.8 Å². The number of aromatic nitrogens is 2. The van der Waals surface area contributed by atoms with Gasteiger partial charge < -0.3 is 4.90 Å². The van der Waals surface area contributed by atoms with Crippen molar-refractivity contribution in [3.63, 3.8) is 0 Å². The highest BCUT2D eigenvalue weighted by Gasteiger charge is 2.18. The normalized spacial score (nSPS) is 21.1. The quantitative estimate of drug-likeness (QED) is 0.693. The van der Waals surface area contributed by atoms with Gasteiger partial charge in [-0.3, -0.25) is 0 Å². The van der Waals surface area contributed by atoms with Crippen molar-refractivity contribution in [2.45, 2.75) is 19.8 Å². The van der Waals surface area contributed by atoms with E-state index < -0.39 is 0 Å². The summed E-state index contributed by atoms with van der Waals surface area (Å²) in [5, 5.41) is 8.75. The predicted octanol–water partition coefficient (Wildman–Crippen LogP) is 1.58. The first-order chi connectivity index (χ1) is 7.29. The Bertz CT molecular complexity index is 382. The summed E-state index contributed by atoms with van der Waals surface area (Å²) in [6.45, 7) is 4.23. The molecule has 0 radical (unpaired) electrons. The molecule has 0 aliphatic carbocycles. The highest BCUT2D eigenvalue weighted by atomic mass is 15.3. The maximum Gasteiger partial charge on any atom is 0.226 e. The molecule has 0 aromatic carbocycles. The van der Waals surface area contributed by atoms with Crippen LogP contribution in [0.2, 0.25) is 0 Å². The van der Waals surface area contributed by atoms with Crippen LogP contribution in [0.1, 0.15) is 25.5 Å². The minimum absolute atomic E-state index is 0.443. The first-order valence-electron chi connectivity index (χ1n) is 5.27. The van der Waals surface area contributed by atoms with E-state index >= 15 is 0 Å². The Hall–Kier alpha value is -1.63. The summed E-state index contributed by atoms with van der Waals surface area (Å²) >= 11 is 0. The topological polar surface area (TPSA) is 52.8 Å². The van der Waals surface area contributed by atoms with E-state index in [1.54, 1.807) is 12.3 Å². The van der Waals surface area contributed by atoms with Crippen molar-refractivity contribution in [3.8, 4) is 6.07 Å². The SMILES string of the molecule is CC1CCCN(c2nccc(C#N)n2)C1. The summed E-state index contributed by atoms with van der Waals surface area (Å²) in [5.74, 6) is 1.38. The Morgan fingerprint density at radius 1 is 1.60 bits per heavy atom. The van der Waals surface area contributed by atoms with Crippen LogP contribution in [0.4, 0.5) is 5.95 Å². The second-order valence-corrected chi connectivity index (χ2v) is 4.05. The monoisotopic (exact) mass is 202 g/mol. The fourth-order valence-corrected chi connectivity index (χ4v) is 1.93. The summed E-state index contributed by atoms with van der Waals surface area (Å²) in [7, 11) is 0. The Kier molecular flexibility index (Phi) is 2.82. The van der Waals surface area contributed by atoms with Gasteiger partial charge in [0, 0.05) is 19.3 Å². The van der Waals surface area contributed by atoms with Crippen LogP contribution in [-0.4, -0.2) is 23.1 Å². The summed E-state index contributed by atoms with van der Waals surface area (Å²) in [6, 6.07) is 3.68. The van der Waals surface area contributed by atoms with Gasteiger partial charge in [-0.2, -0.15) is 5.26 Å². The highest BCUT2D eigenvalue weighted by Crippen LogP contribution is 2.19. The number of piperidine rings is 1. The largest absolute Gasteiger partial charge is 0.341 e. The van der Waals surface area contributed by atoms with E-state index in [9.17, 15) is 0 Å². The van der Waals surface area contributed by atoms with Crippen LogP contribution in [0.5, 0.6) is 0 Å². The van der Waals surface area contributed by atoms with Gasteiger partial charge in [-0.05, 0) is 24.8 Å². The summed E-state index contributed by atoms with van der Waals surface area (Å²) in [6.07, 6.45) is 4.11. The van der Waals surface area contributed by atoms with E-state index in [0.29, 0.717) is 17.6 Å². The fourth-order valence-electron chi connectivity index (χ4n) is 1.93. The molecule has 0 amide bonds. The second-order valence-electron chi connectivity index (χ2n) is 4.05. The predicted molar refractivity (Wildman–Crippen MR) is 57.4 cm³/mol. The molecule has 0 bridgehead atoms. The molecule has 4 nitrogen and oxygen atoms in total. The van der Waals surface area contributed by atoms with Crippen molar-refractivity contribution >= 4 is 5.95 Å². The van der Waals surface area contributed by atoms with Crippen LogP contribution in [0.3, 0.4) is 0 Å². The van der Waals surface area contributed by atoms with Crippen LogP contribution in [0.25, 0.3) is 0 Å². The van der Waals surface area contributed by atoms with Gasteiger partial charge >= 0.3 is 0 Å². The molecule has 1 aliphatic heterocycles. The van der Waals surface area contributed by atoms with Gasteiger partial charge in [0.25, 0.3) is 0 Å². The van der Waals surface area contributed by atoms with Gasteiger partial charge in [0.1, 0.15) is 11.8 Å². The number of anilines is 1. The zero-order valence-electron chi connectivity index (χ0n) is 8.85. The van der Waals surface area contributed by atoms with Crippen LogP contribution in [-0.2, 0) is 0 Å². The minimum Gasteiger partial charge on any atom is -0.341 e. The van der Waals surface area contributed by atoms with E-state index in [-0.39, 0.29) is 0 Å². The van der Waals surface area contributed by atoms with E-state index in [4.69, 9.17) is 5.26 Å². The lowest BCUT2D eigenvalue weighted by atomic mass is 10.0. The second kappa shape index (κ2) is 4.26. The maximum absolute atomic E-state index is 8.75. The van der Waals surface area contributed by atoms with Crippen molar-refractivity contribution in [1.82, 2.24) is 9.97 Å². The summed E-state index contributed by atoms with van der Waals surface area (Å²) in [4.78, 5) is 10.6.